The topological polar surface area (TPSA) is 20.2 Å². The molecule has 1 atom stereocenters. The van der Waals surface area contributed by atoms with Gasteiger partial charge in [-0.3, -0.25) is 0 Å². The zero-order valence-corrected chi connectivity index (χ0v) is 6.87. The standard InChI is InChI=1S/C10H11FO/c1-2-5-10(12)8-6-3-4-7-9(8)11/h2-7,10,12H,1H3/b5-2+. The Balaban J connectivity index is 2.94. The van der Waals surface area contributed by atoms with Crippen molar-refractivity contribution in [1.29, 1.82) is 0 Å². The van der Waals surface area contributed by atoms with Gasteiger partial charge in [-0.2, -0.15) is 0 Å². The van der Waals surface area contributed by atoms with E-state index in [1.165, 1.54) is 6.07 Å². The number of aliphatic hydroxyl groups is 1. The SMILES string of the molecule is C/C=C/C(O)c1ccccc1F. The van der Waals surface area contributed by atoms with Crippen molar-refractivity contribution in [3.8, 4) is 0 Å². The predicted molar refractivity (Wildman–Crippen MR) is 46.2 cm³/mol. The summed E-state index contributed by atoms with van der Waals surface area (Å²) in [6.07, 6.45) is 2.39. The summed E-state index contributed by atoms with van der Waals surface area (Å²) < 4.78 is 13.0. The van der Waals surface area contributed by atoms with E-state index in [4.69, 9.17) is 0 Å². The minimum atomic E-state index is -0.837. The average molecular weight is 166 g/mol. The molecule has 1 aromatic carbocycles. The monoisotopic (exact) mass is 166 g/mol. The van der Waals surface area contributed by atoms with Gasteiger partial charge in [0.2, 0.25) is 0 Å². The molecule has 0 spiro atoms. The van der Waals surface area contributed by atoms with E-state index in [0.717, 1.165) is 0 Å². The van der Waals surface area contributed by atoms with Crippen molar-refractivity contribution in [3.63, 3.8) is 0 Å². The number of hydrogen-bond donors (Lipinski definition) is 1. The molecule has 1 unspecified atom stereocenters. The molecule has 0 heterocycles. The summed E-state index contributed by atoms with van der Waals surface area (Å²) in [6.45, 7) is 1.78. The molecule has 0 aliphatic carbocycles. The van der Waals surface area contributed by atoms with Crippen LogP contribution in [0.3, 0.4) is 0 Å². The highest BCUT2D eigenvalue weighted by Gasteiger charge is 2.07. The van der Waals surface area contributed by atoms with Gasteiger partial charge in [-0.25, -0.2) is 4.39 Å². The number of aliphatic hydroxyl groups excluding tert-OH is 1. The first-order valence-corrected chi connectivity index (χ1v) is 3.81. The molecule has 1 N–H and O–H groups in total. The second-order valence-corrected chi connectivity index (χ2v) is 2.49. The van der Waals surface area contributed by atoms with Crippen LogP contribution in [0, 0.1) is 5.82 Å². The van der Waals surface area contributed by atoms with Crippen LogP contribution in [0.25, 0.3) is 0 Å². The highest BCUT2D eigenvalue weighted by atomic mass is 19.1. The number of allylic oxidation sites excluding steroid dienone is 1. The van der Waals surface area contributed by atoms with Crippen LogP contribution in [-0.2, 0) is 0 Å². The second-order valence-electron chi connectivity index (χ2n) is 2.49. The Bertz CT molecular complexity index is 281. The summed E-state index contributed by atoms with van der Waals surface area (Å²) in [7, 11) is 0. The molecule has 1 aromatic rings. The molecule has 1 rings (SSSR count). The van der Waals surface area contributed by atoms with Crippen molar-refractivity contribution in [2.45, 2.75) is 13.0 Å². The van der Waals surface area contributed by atoms with E-state index in [9.17, 15) is 9.50 Å². The molecular formula is C10H11FO. The molecule has 0 aliphatic heterocycles. The van der Waals surface area contributed by atoms with Gasteiger partial charge in [-0.05, 0) is 13.0 Å². The third-order valence-corrected chi connectivity index (χ3v) is 1.60. The molecule has 0 radical (unpaired) electrons. The van der Waals surface area contributed by atoms with Crippen molar-refractivity contribution >= 4 is 0 Å². The fraction of sp³-hybridized carbons (Fsp3) is 0.200. The smallest absolute Gasteiger partial charge is 0.129 e. The molecule has 0 aromatic heterocycles. The Morgan fingerprint density at radius 2 is 2.08 bits per heavy atom. The van der Waals surface area contributed by atoms with Crippen molar-refractivity contribution in [3.05, 3.63) is 47.8 Å². The summed E-state index contributed by atoms with van der Waals surface area (Å²) >= 11 is 0. The van der Waals surface area contributed by atoms with E-state index in [1.807, 2.05) is 0 Å². The average Bonchev–Trinajstić information content (AvgIpc) is 2.05. The van der Waals surface area contributed by atoms with Crippen molar-refractivity contribution in [1.82, 2.24) is 0 Å². The van der Waals surface area contributed by atoms with E-state index in [1.54, 1.807) is 37.3 Å². The molecule has 64 valence electrons. The molecular weight excluding hydrogens is 155 g/mol. The molecule has 0 aliphatic rings. The molecule has 0 bridgehead atoms. The first-order valence-electron chi connectivity index (χ1n) is 3.81. The Kier molecular flexibility index (Phi) is 3.00. The maximum Gasteiger partial charge on any atom is 0.129 e. The van der Waals surface area contributed by atoms with Crippen molar-refractivity contribution in [2.24, 2.45) is 0 Å². The fourth-order valence-corrected chi connectivity index (χ4v) is 1.00. The zero-order chi connectivity index (χ0) is 8.97. The molecule has 12 heavy (non-hydrogen) atoms. The summed E-state index contributed by atoms with van der Waals surface area (Å²) in [5, 5.41) is 9.37. The van der Waals surface area contributed by atoms with E-state index >= 15 is 0 Å². The predicted octanol–water partition coefficient (Wildman–Crippen LogP) is 2.44. The Labute approximate surface area is 71.2 Å². The van der Waals surface area contributed by atoms with Crippen LogP contribution >= 0.6 is 0 Å². The lowest BCUT2D eigenvalue weighted by Crippen LogP contribution is -1.96. The molecule has 1 nitrogen and oxygen atoms in total. The molecule has 0 saturated carbocycles. The van der Waals surface area contributed by atoms with E-state index in [-0.39, 0.29) is 5.82 Å². The van der Waals surface area contributed by atoms with Gasteiger partial charge in [0, 0.05) is 5.56 Å². The third kappa shape index (κ3) is 1.92. The first kappa shape index (κ1) is 8.94. The highest BCUT2D eigenvalue weighted by Crippen LogP contribution is 2.17. The third-order valence-electron chi connectivity index (χ3n) is 1.60. The lowest BCUT2D eigenvalue weighted by Gasteiger charge is -2.05. The minimum absolute atomic E-state index is 0.315. The van der Waals surface area contributed by atoms with Gasteiger partial charge in [0.25, 0.3) is 0 Å². The van der Waals surface area contributed by atoms with Crippen LogP contribution in [-0.4, -0.2) is 5.11 Å². The van der Waals surface area contributed by atoms with Gasteiger partial charge in [0.15, 0.2) is 0 Å². The van der Waals surface area contributed by atoms with Crippen molar-refractivity contribution < 1.29 is 9.50 Å². The summed E-state index contributed by atoms with van der Waals surface area (Å²) in [6, 6.07) is 6.20. The Morgan fingerprint density at radius 1 is 1.42 bits per heavy atom. The maximum absolute atomic E-state index is 13.0. The fourth-order valence-electron chi connectivity index (χ4n) is 1.00. The van der Waals surface area contributed by atoms with Gasteiger partial charge in [0.1, 0.15) is 5.82 Å². The number of halogens is 1. The van der Waals surface area contributed by atoms with Crippen LogP contribution in [0.5, 0.6) is 0 Å². The lowest BCUT2D eigenvalue weighted by molar-refractivity contribution is 0.223. The zero-order valence-electron chi connectivity index (χ0n) is 6.87. The highest BCUT2D eigenvalue weighted by molar-refractivity contribution is 5.22. The van der Waals surface area contributed by atoms with Crippen LogP contribution in [0.4, 0.5) is 4.39 Å². The minimum Gasteiger partial charge on any atom is -0.384 e. The second kappa shape index (κ2) is 4.02. The number of hydrogen-bond acceptors (Lipinski definition) is 1. The number of benzene rings is 1. The Morgan fingerprint density at radius 3 is 2.67 bits per heavy atom. The van der Waals surface area contributed by atoms with Gasteiger partial charge in [-0.1, -0.05) is 30.4 Å². The van der Waals surface area contributed by atoms with Crippen LogP contribution in [0.2, 0.25) is 0 Å². The molecule has 0 amide bonds. The molecule has 0 saturated heterocycles. The molecule has 2 heteroatoms. The van der Waals surface area contributed by atoms with E-state index < -0.39 is 6.10 Å². The number of rotatable bonds is 2. The normalized spacial score (nSPS) is 13.6. The van der Waals surface area contributed by atoms with Gasteiger partial charge >= 0.3 is 0 Å². The lowest BCUT2D eigenvalue weighted by atomic mass is 10.1. The summed E-state index contributed by atoms with van der Waals surface area (Å²) in [4.78, 5) is 0. The van der Waals surface area contributed by atoms with Gasteiger partial charge < -0.3 is 5.11 Å². The van der Waals surface area contributed by atoms with Crippen molar-refractivity contribution in [2.75, 3.05) is 0 Å². The molecule has 0 fully saturated rings. The van der Waals surface area contributed by atoms with Gasteiger partial charge in [0.05, 0.1) is 6.10 Å². The maximum atomic E-state index is 13.0. The summed E-state index contributed by atoms with van der Waals surface area (Å²) in [5.74, 6) is -0.372. The van der Waals surface area contributed by atoms with E-state index in [0.29, 0.717) is 5.56 Å². The Hall–Kier alpha value is -1.15. The van der Waals surface area contributed by atoms with Gasteiger partial charge in [-0.15, -0.1) is 0 Å². The first-order chi connectivity index (χ1) is 5.75. The van der Waals surface area contributed by atoms with Crippen LogP contribution in [0.15, 0.2) is 36.4 Å². The van der Waals surface area contributed by atoms with E-state index in [2.05, 4.69) is 0 Å². The quantitative estimate of drug-likeness (QED) is 0.669. The largest absolute Gasteiger partial charge is 0.384 e. The van der Waals surface area contributed by atoms with Crippen LogP contribution < -0.4 is 0 Å². The van der Waals surface area contributed by atoms with Crippen LogP contribution in [0.1, 0.15) is 18.6 Å². The summed E-state index contributed by atoms with van der Waals surface area (Å²) in [5.41, 5.74) is 0.315.